The number of hydrogen-bond donors (Lipinski definition) is 0. The smallest absolute Gasteiger partial charge is 0.134 e. The van der Waals surface area contributed by atoms with E-state index in [-0.39, 0.29) is 24.8 Å². The number of aryl methyl sites for hydroxylation is 1. The number of benzene rings is 1. The third-order valence-electron chi connectivity index (χ3n) is 4.26. The zero-order valence-electron chi connectivity index (χ0n) is 12.1. The van der Waals surface area contributed by atoms with Crippen molar-refractivity contribution in [1.82, 2.24) is 4.90 Å². The van der Waals surface area contributed by atoms with Gasteiger partial charge in [0.15, 0.2) is 0 Å². The molecular weight excluding hydrogens is 293 g/mol. The summed E-state index contributed by atoms with van der Waals surface area (Å²) in [6.45, 7) is 6.80. The lowest BCUT2D eigenvalue weighted by atomic mass is 9.90. The number of fused-ring (bicyclic) bond motifs is 3. The molecule has 0 radical (unpaired) electrons. The second-order valence-corrected chi connectivity index (χ2v) is 5.12. The molecule has 4 heteroatoms. The van der Waals surface area contributed by atoms with Crippen molar-refractivity contribution in [3.8, 4) is 0 Å². The van der Waals surface area contributed by atoms with Crippen LogP contribution in [0.1, 0.15) is 31.6 Å². The number of nitrogens with zero attached hydrogens (tertiary/aromatic N) is 1. The largest absolute Gasteiger partial charge is 0.461 e. The van der Waals surface area contributed by atoms with Crippen molar-refractivity contribution in [2.45, 2.75) is 39.2 Å². The van der Waals surface area contributed by atoms with Gasteiger partial charge in [-0.05, 0) is 32.0 Å². The topological polar surface area (TPSA) is 16.4 Å². The van der Waals surface area contributed by atoms with E-state index in [2.05, 4.69) is 43.0 Å². The number of para-hydroxylation sites is 1. The lowest BCUT2D eigenvalue weighted by Crippen LogP contribution is -2.38. The molecule has 1 heterocycles. The van der Waals surface area contributed by atoms with E-state index < -0.39 is 0 Å². The second kappa shape index (κ2) is 7.35. The minimum Gasteiger partial charge on any atom is -0.461 e. The minimum atomic E-state index is 0. The Morgan fingerprint density at radius 3 is 2.55 bits per heavy atom. The average Bonchev–Trinajstić information content (AvgIpc) is 2.78. The molecule has 112 valence electrons. The quantitative estimate of drug-likeness (QED) is 0.830. The first-order valence-corrected chi connectivity index (χ1v) is 7.06. The molecule has 2 nitrogen and oxygen atoms in total. The van der Waals surface area contributed by atoms with Crippen LogP contribution in [0.25, 0.3) is 11.0 Å². The van der Waals surface area contributed by atoms with Gasteiger partial charge in [0, 0.05) is 23.4 Å². The van der Waals surface area contributed by atoms with E-state index in [1.54, 1.807) is 0 Å². The normalized spacial score (nSPS) is 17.4. The highest BCUT2D eigenvalue weighted by molar-refractivity contribution is 5.85. The molecule has 1 aliphatic rings. The molecular formula is C16H23Cl2NO. The highest BCUT2D eigenvalue weighted by Gasteiger charge is 2.26. The predicted octanol–water partition coefficient (Wildman–Crippen LogP) is 4.48. The van der Waals surface area contributed by atoms with E-state index in [9.17, 15) is 0 Å². The molecule has 1 unspecified atom stereocenters. The van der Waals surface area contributed by atoms with Gasteiger partial charge in [-0.2, -0.15) is 0 Å². The molecule has 0 aliphatic heterocycles. The highest BCUT2D eigenvalue weighted by Crippen LogP contribution is 2.33. The van der Waals surface area contributed by atoms with E-state index in [1.165, 1.54) is 23.1 Å². The standard InChI is InChI=1S/C16H21NO.2ClH/c1-3-17(4-2)12-9-10-16-14(11-12)13-7-5-6-8-15(13)18-16;;/h5-8,12H,3-4,9-11H2,1-2H3;2*1H. The van der Waals surface area contributed by atoms with Crippen molar-refractivity contribution >= 4 is 35.8 Å². The van der Waals surface area contributed by atoms with Gasteiger partial charge in [-0.25, -0.2) is 0 Å². The Morgan fingerprint density at radius 1 is 1.15 bits per heavy atom. The summed E-state index contributed by atoms with van der Waals surface area (Å²) in [4.78, 5) is 2.57. The van der Waals surface area contributed by atoms with Crippen LogP contribution < -0.4 is 0 Å². The molecule has 0 amide bonds. The van der Waals surface area contributed by atoms with Gasteiger partial charge in [0.25, 0.3) is 0 Å². The summed E-state index contributed by atoms with van der Waals surface area (Å²) >= 11 is 0. The fourth-order valence-corrected chi connectivity index (χ4v) is 3.26. The average molecular weight is 316 g/mol. The summed E-state index contributed by atoms with van der Waals surface area (Å²) in [7, 11) is 0. The van der Waals surface area contributed by atoms with Crippen molar-refractivity contribution in [2.24, 2.45) is 0 Å². The van der Waals surface area contributed by atoms with Gasteiger partial charge < -0.3 is 9.32 Å². The van der Waals surface area contributed by atoms with E-state index in [0.717, 1.165) is 31.5 Å². The first-order valence-electron chi connectivity index (χ1n) is 7.06. The summed E-state index contributed by atoms with van der Waals surface area (Å²) in [5, 5.41) is 1.32. The minimum absolute atomic E-state index is 0. The fourth-order valence-electron chi connectivity index (χ4n) is 3.26. The van der Waals surface area contributed by atoms with Gasteiger partial charge in [-0.3, -0.25) is 0 Å². The van der Waals surface area contributed by atoms with Gasteiger partial charge in [0.05, 0.1) is 0 Å². The molecule has 0 fully saturated rings. The van der Waals surface area contributed by atoms with Crippen LogP contribution in [0.15, 0.2) is 28.7 Å². The van der Waals surface area contributed by atoms with Gasteiger partial charge in [-0.1, -0.05) is 32.0 Å². The molecule has 20 heavy (non-hydrogen) atoms. The molecule has 1 aromatic carbocycles. The Kier molecular flexibility index (Phi) is 6.38. The lowest BCUT2D eigenvalue weighted by molar-refractivity contribution is 0.195. The van der Waals surface area contributed by atoms with Crippen molar-refractivity contribution in [2.75, 3.05) is 13.1 Å². The third-order valence-corrected chi connectivity index (χ3v) is 4.26. The van der Waals surface area contributed by atoms with Crippen molar-refractivity contribution in [3.05, 3.63) is 35.6 Å². The Bertz CT molecular complexity index is 548. The summed E-state index contributed by atoms with van der Waals surface area (Å²) in [6, 6.07) is 9.13. The van der Waals surface area contributed by atoms with Crippen LogP contribution in [0.3, 0.4) is 0 Å². The van der Waals surface area contributed by atoms with Crippen LogP contribution in [0.2, 0.25) is 0 Å². The molecule has 0 saturated heterocycles. The van der Waals surface area contributed by atoms with Crippen LogP contribution in [0.4, 0.5) is 0 Å². The molecule has 0 spiro atoms. The number of furan rings is 1. The summed E-state index contributed by atoms with van der Waals surface area (Å²) in [5.41, 5.74) is 2.51. The van der Waals surface area contributed by atoms with E-state index >= 15 is 0 Å². The van der Waals surface area contributed by atoms with Crippen molar-refractivity contribution in [1.29, 1.82) is 0 Å². The van der Waals surface area contributed by atoms with Gasteiger partial charge in [0.1, 0.15) is 11.3 Å². The van der Waals surface area contributed by atoms with Crippen LogP contribution in [0.5, 0.6) is 0 Å². The summed E-state index contributed by atoms with van der Waals surface area (Å²) < 4.78 is 5.97. The summed E-state index contributed by atoms with van der Waals surface area (Å²) in [5.74, 6) is 1.22. The molecule has 3 rings (SSSR count). The van der Waals surface area contributed by atoms with Crippen molar-refractivity contribution < 1.29 is 4.42 Å². The van der Waals surface area contributed by atoms with Crippen LogP contribution in [-0.2, 0) is 12.8 Å². The third kappa shape index (κ3) is 2.98. The zero-order valence-corrected chi connectivity index (χ0v) is 13.7. The van der Waals surface area contributed by atoms with Crippen molar-refractivity contribution in [3.63, 3.8) is 0 Å². The SMILES string of the molecule is CCN(CC)C1CCc2oc3ccccc3c2C1.Cl.Cl. The monoisotopic (exact) mass is 315 g/mol. The molecule has 0 N–H and O–H groups in total. The van der Waals surface area contributed by atoms with Crippen LogP contribution in [0, 0.1) is 0 Å². The second-order valence-electron chi connectivity index (χ2n) is 5.12. The van der Waals surface area contributed by atoms with E-state index in [1.807, 2.05) is 0 Å². The van der Waals surface area contributed by atoms with Gasteiger partial charge >= 0.3 is 0 Å². The number of halogens is 2. The van der Waals surface area contributed by atoms with Gasteiger partial charge in [-0.15, -0.1) is 24.8 Å². The van der Waals surface area contributed by atoms with Gasteiger partial charge in [0.2, 0.25) is 0 Å². The molecule has 0 saturated carbocycles. The maximum atomic E-state index is 5.97. The summed E-state index contributed by atoms with van der Waals surface area (Å²) in [6.07, 6.45) is 3.47. The molecule has 1 aromatic heterocycles. The Hall–Kier alpha value is -0.700. The Labute approximate surface area is 133 Å². The molecule has 1 aliphatic carbocycles. The maximum absolute atomic E-state index is 5.97. The first-order chi connectivity index (χ1) is 8.83. The molecule has 2 aromatic rings. The zero-order chi connectivity index (χ0) is 12.5. The van der Waals surface area contributed by atoms with Crippen LogP contribution in [-0.4, -0.2) is 24.0 Å². The number of likely N-dealkylation sites (N-methyl/N-ethyl adjacent to an activating group) is 1. The first kappa shape index (κ1) is 17.4. The number of rotatable bonds is 3. The lowest BCUT2D eigenvalue weighted by Gasteiger charge is -2.32. The number of hydrogen-bond acceptors (Lipinski definition) is 2. The maximum Gasteiger partial charge on any atom is 0.134 e. The predicted molar refractivity (Wildman–Crippen MR) is 89.4 cm³/mol. The van der Waals surface area contributed by atoms with E-state index in [4.69, 9.17) is 4.42 Å². The highest BCUT2D eigenvalue weighted by atomic mass is 35.5. The fraction of sp³-hybridized carbons (Fsp3) is 0.500. The Morgan fingerprint density at radius 2 is 1.85 bits per heavy atom. The molecule has 1 atom stereocenters. The Balaban J connectivity index is 0.000001000. The van der Waals surface area contributed by atoms with E-state index in [0.29, 0.717) is 6.04 Å². The van der Waals surface area contributed by atoms with Crippen LogP contribution >= 0.6 is 24.8 Å². The molecule has 0 bridgehead atoms.